The van der Waals surface area contributed by atoms with Gasteiger partial charge in [0.25, 0.3) is 5.89 Å². The van der Waals surface area contributed by atoms with Gasteiger partial charge in [0.05, 0.1) is 12.7 Å². The van der Waals surface area contributed by atoms with E-state index in [1.807, 2.05) is 38.1 Å². The van der Waals surface area contributed by atoms with Crippen LogP contribution >= 0.6 is 0 Å². The molecule has 136 valence electrons. The first-order chi connectivity index (χ1) is 12.1. The molecule has 0 bridgehead atoms. The van der Waals surface area contributed by atoms with Gasteiger partial charge in [-0.05, 0) is 57.9 Å². The van der Waals surface area contributed by atoms with Crippen molar-refractivity contribution in [3.63, 3.8) is 0 Å². The molecular formula is C18H25N3O4. The molecule has 7 heteroatoms. The van der Waals surface area contributed by atoms with E-state index in [0.717, 1.165) is 30.9 Å². The van der Waals surface area contributed by atoms with Crippen molar-refractivity contribution >= 4 is 6.01 Å². The van der Waals surface area contributed by atoms with Crippen LogP contribution in [0.4, 0.5) is 6.01 Å². The fourth-order valence-corrected chi connectivity index (χ4v) is 2.80. The zero-order valence-electron chi connectivity index (χ0n) is 14.9. The summed E-state index contributed by atoms with van der Waals surface area (Å²) < 4.78 is 22.5. The Morgan fingerprint density at radius 2 is 2.00 bits per heavy atom. The van der Waals surface area contributed by atoms with Crippen LogP contribution in [0.3, 0.4) is 0 Å². The molecule has 1 fully saturated rings. The predicted molar refractivity (Wildman–Crippen MR) is 93.0 cm³/mol. The Labute approximate surface area is 147 Å². The molecule has 1 aliphatic rings. The average molecular weight is 347 g/mol. The third-order valence-corrected chi connectivity index (χ3v) is 4.05. The summed E-state index contributed by atoms with van der Waals surface area (Å²) in [5, 5.41) is 11.4. The van der Waals surface area contributed by atoms with Crippen LogP contribution in [0.15, 0.2) is 28.7 Å². The largest absolute Gasteiger partial charge is 0.494 e. The van der Waals surface area contributed by atoms with Crippen molar-refractivity contribution in [3.8, 4) is 11.5 Å². The minimum absolute atomic E-state index is 0.246. The summed E-state index contributed by atoms with van der Waals surface area (Å²) in [6.45, 7) is 7.29. The number of nitrogens with zero attached hydrogens (tertiary/aromatic N) is 2. The van der Waals surface area contributed by atoms with Crippen LogP contribution in [0.2, 0.25) is 0 Å². The van der Waals surface area contributed by atoms with Crippen LogP contribution in [0.5, 0.6) is 11.5 Å². The zero-order valence-corrected chi connectivity index (χ0v) is 14.9. The standard InChI is InChI=1S/C18H25N3O4/c1-4-22-15-5-7-16(8-6-15)24-13(3)17-20-21-18(25-17)19-14-9-10-23-12(2)11-14/h5-8,12-14H,4,9-11H2,1-3H3,(H,19,21). The first-order valence-corrected chi connectivity index (χ1v) is 8.75. The molecule has 1 N–H and O–H groups in total. The minimum atomic E-state index is -0.338. The number of aromatic nitrogens is 2. The van der Waals surface area contributed by atoms with Crippen molar-refractivity contribution in [2.75, 3.05) is 18.5 Å². The normalized spacial score (nSPS) is 21.6. The van der Waals surface area contributed by atoms with E-state index < -0.39 is 0 Å². The number of rotatable bonds is 7. The summed E-state index contributed by atoms with van der Waals surface area (Å²) >= 11 is 0. The van der Waals surface area contributed by atoms with Gasteiger partial charge in [-0.25, -0.2) is 0 Å². The fourth-order valence-electron chi connectivity index (χ4n) is 2.80. The fraction of sp³-hybridized carbons (Fsp3) is 0.556. The van der Waals surface area contributed by atoms with Crippen molar-refractivity contribution in [1.29, 1.82) is 0 Å². The molecule has 0 saturated carbocycles. The molecule has 7 nitrogen and oxygen atoms in total. The smallest absolute Gasteiger partial charge is 0.315 e. The molecule has 25 heavy (non-hydrogen) atoms. The minimum Gasteiger partial charge on any atom is -0.494 e. The SMILES string of the molecule is CCOc1ccc(OC(C)c2nnc(NC3CCOC(C)C3)o2)cc1. The van der Waals surface area contributed by atoms with E-state index in [9.17, 15) is 0 Å². The molecule has 1 aromatic carbocycles. The molecule has 0 amide bonds. The molecule has 0 spiro atoms. The van der Waals surface area contributed by atoms with Crippen molar-refractivity contribution < 1.29 is 18.6 Å². The van der Waals surface area contributed by atoms with Gasteiger partial charge in [0.15, 0.2) is 6.10 Å². The molecule has 2 aromatic rings. The highest BCUT2D eigenvalue weighted by molar-refractivity contribution is 5.31. The monoisotopic (exact) mass is 347 g/mol. The van der Waals surface area contributed by atoms with Crippen molar-refractivity contribution in [2.24, 2.45) is 0 Å². The van der Waals surface area contributed by atoms with Gasteiger partial charge in [0.2, 0.25) is 0 Å². The number of nitrogens with one attached hydrogen (secondary N) is 1. The van der Waals surface area contributed by atoms with Crippen LogP contribution in [-0.4, -0.2) is 35.6 Å². The van der Waals surface area contributed by atoms with E-state index in [2.05, 4.69) is 22.4 Å². The van der Waals surface area contributed by atoms with Crippen molar-refractivity contribution in [2.45, 2.75) is 51.9 Å². The van der Waals surface area contributed by atoms with E-state index in [-0.39, 0.29) is 12.2 Å². The van der Waals surface area contributed by atoms with Gasteiger partial charge in [-0.3, -0.25) is 0 Å². The Morgan fingerprint density at radius 1 is 1.24 bits per heavy atom. The second-order valence-electron chi connectivity index (χ2n) is 6.16. The van der Waals surface area contributed by atoms with Gasteiger partial charge in [0, 0.05) is 12.6 Å². The molecule has 3 atom stereocenters. The summed E-state index contributed by atoms with van der Waals surface area (Å²) in [7, 11) is 0. The molecule has 3 unspecified atom stereocenters. The first-order valence-electron chi connectivity index (χ1n) is 8.75. The predicted octanol–water partition coefficient (Wildman–Crippen LogP) is 3.59. The number of benzene rings is 1. The van der Waals surface area contributed by atoms with Crippen molar-refractivity contribution in [3.05, 3.63) is 30.2 Å². The van der Waals surface area contributed by atoms with Gasteiger partial charge < -0.3 is 23.9 Å². The van der Waals surface area contributed by atoms with Gasteiger partial charge in [-0.15, -0.1) is 5.10 Å². The van der Waals surface area contributed by atoms with Crippen molar-refractivity contribution in [1.82, 2.24) is 10.2 Å². The highest BCUT2D eigenvalue weighted by Crippen LogP contribution is 2.25. The summed E-state index contributed by atoms with van der Waals surface area (Å²) in [6, 6.07) is 8.19. The van der Waals surface area contributed by atoms with Crippen LogP contribution in [-0.2, 0) is 4.74 Å². The van der Waals surface area contributed by atoms with Crippen LogP contribution in [0, 0.1) is 0 Å². The lowest BCUT2D eigenvalue weighted by atomic mass is 10.1. The average Bonchev–Trinajstić information content (AvgIpc) is 3.05. The molecule has 0 aliphatic carbocycles. The van der Waals surface area contributed by atoms with E-state index in [1.54, 1.807) is 0 Å². The highest BCUT2D eigenvalue weighted by atomic mass is 16.5. The van der Waals surface area contributed by atoms with Crippen LogP contribution < -0.4 is 14.8 Å². The quantitative estimate of drug-likeness (QED) is 0.820. The topological polar surface area (TPSA) is 78.6 Å². The van der Waals surface area contributed by atoms with E-state index >= 15 is 0 Å². The van der Waals surface area contributed by atoms with Crippen LogP contribution in [0.1, 0.15) is 45.6 Å². The lowest BCUT2D eigenvalue weighted by Crippen LogP contribution is -2.32. The Bertz CT molecular complexity index is 659. The molecule has 1 saturated heterocycles. The van der Waals surface area contributed by atoms with E-state index in [0.29, 0.717) is 24.6 Å². The Balaban J connectivity index is 1.55. The van der Waals surface area contributed by atoms with Gasteiger partial charge in [-0.1, -0.05) is 5.10 Å². The highest BCUT2D eigenvalue weighted by Gasteiger charge is 2.22. The lowest BCUT2D eigenvalue weighted by molar-refractivity contribution is 0.0228. The zero-order chi connectivity index (χ0) is 17.6. The molecular weight excluding hydrogens is 322 g/mol. The van der Waals surface area contributed by atoms with Gasteiger partial charge >= 0.3 is 6.01 Å². The number of hydrogen-bond donors (Lipinski definition) is 1. The van der Waals surface area contributed by atoms with E-state index in [4.69, 9.17) is 18.6 Å². The van der Waals surface area contributed by atoms with Gasteiger partial charge in [-0.2, -0.15) is 0 Å². The number of ether oxygens (including phenoxy) is 3. The number of anilines is 1. The second kappa shape index (κ2) is 8.20. The Hall–Kier alpha value is -2.28. The maximum Gasteiger partial charge on any atom is 0.315 e. The Kier molecular flexibility index (Phi) is 5.75. The molecule has 0 radical (unpaired) electrons. The second-order valence-corrected chi connectivity index (χ2v) is 6.16. The summed E-state index contributed by atoms with van der Waals surface area (Å²) in [5.74, 6) is 1.98. The third kappa shape index (κ3) is 4.85. The molecule has 1 aliphatic heterocycles. The summed E-state index contributed by atoms with van der Waals surface area (Å²) in [5.41, 5.74) is 0. The summed E-state index contributed by atoms with van der Waals surface area (Å²) in [4.78, 5) is 0. The lowest BCUT2D eigenvalue weighted by Gasteiger charge is -2.27. The van der Waals surface area contributed by atoms with E-state index in [1.165, 1.54) is 0 Å². The molecule has 3 rings (SSSR count). The van der Waals surface area contributed by atoms with Gasteiger partial charge in [0.1, 0.15) is 11.5 Å². The Morgan fingerprint density at radius 3 is 2.72 bits per heavy atom. The molecule has 1 aromatic heterocycles. The first kappa shape index (κ1) is 17.5. The third-order valence-electron chi connectivity index (χ3n) is 4.05. The number of hydrogen-bond acceptors (Lipinski definition) is 7. The summed E-state index contributed by atoms with van der Waals surface area (Å²) in [6.07, 6.45) is 1.76. The maximum absolute atomic E-state index is 5.85. The molecule has 2 heterocycles. The van der Waals surface area contributed by atoms with Crippen LogP contribution in [0.25, 0.3) is 0 Å². The maximum atomic E-state index is 5.85.